The van der Waals surface area contributed by atoms with Gasteiger partial charge in [-0.2, -0.15) is 4.99 Å². The van der Waals surface area contributed by atoms with Crippen molar-refractivity contribution >= 4 is 6.08 Å². The molecule has 3 heteroatoms. The Hall–Kier alpha value is -1.44. The standard InChI is InChI=1S/C15H17NO2/c17-11-16-15(6-2-7-15)14-4-1-3-12(9-14)13-5-8-18-10-13/h1,3-4,9,13H,2,5-8,10H2. The van der Waals surface area contributed by atoms with E-state index in [1.807, 2.05) is 0 Å². The van der Waals surface area contributed by atoms with Crippen molar-refractivity contribution < 1.29 is 9.53 Å². The van der Waals surface area contributed by atoms with Gasteiger partial charge in [-0.05, 0) is 36.8 Å². The minimum atomic E-state index is -0.281. The van der Waals surface area contributed by atoms with Gasteiger partial charge in [0.2, 0.25) is 6.08 Å². The first kappa shape index (κ1) is 11.6. The Morgan fingerprint density at radius 2 is 2.28 bits per heavy atom. The monoisotopic (exact) mass is 243 g/mol. The van der Waals surface area contributed by atoms with Gasteiger partial charge < -0.3 is 4.74 Å². The van der Waals surface area contributed by atoms with Crippen LogP contribution < -0.4 is 0 Å². The van der Waals surface area contributed by atoms with Crippen LogP contribution in [0.2, 0.25) is 0 Å². The lowest BCUT2D eigenvalue weighted by atomic mass is 9.72. The molecule has 1 aromatic carbocycles. The van der Waals surface area contributed by atoms with E-state index < -0.39 is 0 Å². The predicted molar refractivity (Wildman–Crippen MR) is 68.3 cm³/mol. The maximum Gasteiger partial charge on any atom is 0.235 e. The molecule has 3 nitrogen and oxygen atoms in total. The molecule has 1 atom stereocenters. The normalized spacial score (nSPS) is 25.2. The van der Waals surface area contributed by atoms with Crippen LogP contribution in [0.25, 0.3) is 0 Å². The van der Waals surface area contributed by atoms with Crippen molar-refractivity contribution in [2.45, 2.75) is 37.1 Å². The molecule has 2 aliphatic rings. The van der Waals surface area contributed by atoms with Crippen LogP contribution in [0.4, 0.5) is 0 Å². The number of carbonyl (C=O) groups excluding carboxylic acids is 1. The molecule has 3 rings (SSSR count). The topological polar surface area (TPSA) is 38.7 Å². The lowest BCUT2D eigenvalue weighted by Gasteiger charge is -2.37. The summed E-state index contributed by atoms with van der Waals surface area (Å²) in [7, 11) is 0. The van der Waals surface area contributed by atoms with Crippen molar-refractivity contribution in [1.29, 1.82) is 0 Å². The Kier molecular flexibility index (Phi) is 3.02. The van der Waals surface area contributed by atoms with Gasteiger partial charge in [-0.3, -0.25) is 0 Å². The van der Waals surface area contributed by atoms with Crippen molar-refractivity contribution in [3.63, 3.8) is 0 Å². The van der Waals surface area contributed by atoms with Crippen LogP contribution >= 0.6 is 0 Å². The van der Waals surface area contributed by atoms with Crippen molar-refractivity contribution in [3.05, 3.63) is 35.4 Å². The molecule has 0 N–H and O–H groups in total. The number of rotatable bonds is 3. The van der Waals surface area contributed by atoms with Gasteiger partial charge in [0.1, 0.15) is 0 Å². The average Bonchev–Trinajstić information content (AvgIpc) is 2.88. The van der Waals surface area contributed by atoms with Crippen LogP contribution in [0.15, 0.2) is 29.3 Å². The Labute approximate surface area is 107 Å². The number of ether oxygens (including phenoxy) is 1. The molecule has 1 aliphatic heterocycles. The molecule has 2 fully saturated rings. The second kappa shape index (κ2) is 4.68. The van der Waals surface area contributed by atoms with E-state index in [1.165, 1.54) is 11.1 Å². The zero-order chi connectivity index (χ0) is 12.4. The summed E-state index contributed by atoms with van der Waals surface area (Å²) in [5.74, 6) is 0.502. The van der Waals surface area contributed by atoms with Crippen molar-refractivity contribution in [2.75, 3.05) is 13.2 Å². The van der Waals surface area contributed by atoms with E-state index in [4.69, 9.17) is 4.74 Å². The average molecular weight is 243 g/mol. The number of benzene rings is 1. The number of hydrogen-bond acceptors (Lipinski definition) is 3. The highest BCUT2D eigenvalue weighted by Gasteiger charge is 2.39. The molecule has 1 unspecified atom stereocenters. The van der Waals surface area contributed by atoms with E-state index >= 15 is 0 Å². The van der Waals surface area contributed by atoms with Crippen LogP contribution in [-0.2, 0) is 15.1 Å². The summed E-state index contributed by atoms with van der Waals surface area (Å²) >= 11 is 0. The fourth-order valence-corrected chi connectivity index (χ4v) is 2.94. The van der Waals surface area contributed by atoms with Gasteiger partial charge in [-0.25, -0.2) is 4.79 Å². The van der Waals surface area contributed by atoms with Gasteiger partial charge in [0.05, 0.1) is 12.1 Å². The molecule has 1 saturated heterocycles. The minimum Gasteiger partial charge on any atom is -0.381 e. The van der Waals surface area contributed by atoms with Crippen molar-refractivity contribution in [1.82, 2.24) is 0 Å². The highest BCUT2D eigenvalue weighted by atomic mass is 16.5. The summed E-state index contributed by atoms with van der Waals surface area (Å²) in [6, 6.07) is 8.52. The summed E-state index contributed by atoms with van der Waals surface area (Å²) < 4.78 is 5.44. The third-order valence-corrected chi connectivity index (χ3v) is 4.27. The molecule has 18 heavy (non-hydrogen) atoms. The maximum atomic E-state index is 10.6. The van der Waals surface area contributed by atoms with Crippen LogP contribution in [0.1, 0.15) is 42.7 Å². The lowest BCUT2D eigenvalue weighted by Crippen LogP contribution is -2.32. The van der Waals surface area contributed by atoms with E-state index in [9.17, 15) is 4.79 Å². The van der Waals surface area contributed by atoms with E-state index in [2.05, 4.69) is 29.3 Å². The Morgan fingerprint density at radius 3 is 2.89 bits per heavy atom. The molecule has 0 aromatic heterocycles. The molecule has 94 valence electrons. The summed E-state index contributed by atoms with van der Waals surface area (Å²) in [5, 5.41) is 0. The molecule has 0 bridgehead atoms. The molecular weight excluding hydrogens is 226 g/mol. The quantitative estimate of drug-likeness (QED) is 0.604. The predicted octanol–water partition coefficient (Wildman–Crippen LogP) is 2.91. The second-order valence-electron chi connectivity index (χ2n) is 5.27. The van der Waals surface area contributed by atoms with Crippen molar-refractivity contribution in [2.24, 2.45) is 4.99 Å². The minimum absolute atomic E-state index is 0.281. The first-order valence-electron chi connectivity index (χ1n) is 6.61. The van der Waals surface area contributed by atoms with Crippen molar-refractivity contribution in [3.8, 4) is 0 Å². The summed E-state index contributed by atoms with van der Waals surface area (Å²) in [6.45, 7) is 1.67. The maximum absolute atomic E-state index is 10.6. The highest BCUT2D eigenvalue weighted by molar-refractivity contribution is 5.41. The zero-order valence-corrected chi connectivity index (χ0v) is 10.4. The van der Waals surface area contributed by atoms with E-state index in [0.717, 1.165) is 38.9 Å². The largest absolute Gasteiger partial charge is 0.381 e. The van der Waals surface area contributed by atoms with Gasteiger partial charge in [-0.15, -0.1) is 0 Å². The van der Waals surface area contributed by atoms with Gasteiger partial charge in [-0.1, -0.05) is 24.3 Å². The van der Waals surface area contributed by atoms with Crippen LogP contribution in [-0.4, -0.2) is 19.3 Å². The van der Waals surface area contributed by atoms with Gasteiger partial charge in [0.15, 0.2) is 0 Å². The summed E-state index contributed by atoms with van der Waals surface area (Å²) in [5.41, 5.74) is 2.20. The van der Waals surface area contributed by atoms with Crippen LogP contribution in [0.3, 0.4) is 0 Å². The molecule has 1 heterocycles. The second-order valence-corrected chi connectivity index (χ2v) is 5.27. The summed E-state index contributed by atoms with van der Waals surface area (Å²) in [4.78, 5) is 14.7. The number of nitrogens with zero attached hydrogens (tertiary/aromatic N) is 1. The van der Waals surface area contributed by atoms with Gasteiger partial charge >= 0.3 is 0 Å². The first-order chi connectivity index (χ1) is 8.84. The zero-order valence-electron chi connectivity index (χ0n) is 10.4. The molecule has 0 amide bonds. The van der Waals surface area contributed by atoms with Crippen LogP contribution in [0.5, 0.6) is 0 Å². The third-order valence-electron chi connectivity index (χ3n) is 4.27. The highest BCUT2D eigenvalue weighted by Crippen LogP contribution is 2.45. The number of isocyanates is 1. The van der Waals surface area contributed by atoms with Crippen LogP contribution in [0, 0.1) is 0 Å². The molecule has 1 saturated carbocycles. The first-order valence-corrected chi connectivity index (χ1v) is 6.61. The van der Waals surface area contributed by atoms with E-state index in [-0.39, 0.29) is 5.54 Å². The van der Waals surface area contributed by atoms with E-state index in [1.54, 1.807) is 6.08 Å². The fraction of sp³-hybridized carbons (Fsp3) is 0.533. The molecular formula is C15H17NO2. The molecule has 0 spiro atoms. The van der Waals surface area contributed by atoms with Gasteiger partial charge in [0.25, 0.3) is 0 Å². The molecule has 1 aromatic rings. The molecule has 0 radical (unpaired) electrons. The third kappa shape index (κ3) is 1.90. The molecule has 1 aliphatic carbocycles. The number of hydrogen-bond donors (Lipinski definition) is 0. The Balaban J connectivity index is 1.92. The van der Waals surface area contributed by atoms with Gasteiger partial charge in [0, 0.05) is 12.5 Å². The SMILES string of the molecule is O=C=NC1(c2cccc(C3CCOC3)c2)CCC1. The Morgan fingerprint density at radius 1 is 1.39 bits per heavy atom. The summed E-state index contributed by atoms with van der Waals surface area (Å²) in [6.07, 6.45) is 5.91. The number of aliphatic imine (C=N–C) groups is 1. The smallest absolute Gasteiger partial charge is 0.235 e. The fourth-order valence-electron chi connectivity index (χ4n) is 2.94. The Bertz CT molecular complexity index is 481. The van der Waals surface area contributed by atoms with E-state index in [0.29, 0.717) is 5.92 Å². The lowest BCUT2D eigenvalue weighted by molar-refractivity contribution is 0.194.